The van der Waals surface area contributed by atoms with E-state index in [1.54, 1.807) is 19.2 Å². The Morgan fingerprint density at radius 2 is 2.47 bits per heavy atom. The monoisotopic (exact) mass is 263 g/mol. The molecule has 1 aromatic rings. The van der Waals surface area contributed by atoms with Gasteiger partial charge in [0.1, 0.15) is 0 Å². The number of carbonyl (C=O) groups excluding carboxylic acids is 1. The molecule has 0 bridgehead atoms. The minimum atomic E-state index is -1.03. The molecule has 6 nitrogen and oxygen atoms in total. The number of rotatable bonds is 4. The maximum Gasteiger partial charge on any atom is 0.405 e. The summed E-state index contributed by atoms with van der Waals surface area (Å²) < 4.78 is 0. The molecular formula is C13H17N3O3. The minimum absolute atomic E-state index is 0.0441. The first-order chi connectivity index (χ1) is 9.08. The van der Waals surface area contributed by atoms with Crippen molar-refractivity contribution < 1.29 is 14.7 Å². The number of amides is 2. The van der Waals surface area contributed by atoms with Crippen LogP contribution >= 0.6 is 0 Å². The maximum atomic E-state index is 11.6. The molecule has 0 fully saturated rings. The van der Waals surface area contributed by atoms with Crippen LogP contribution in [0.3, 0.4) is 0 Å². The molecule has 19 heavy (non-hydrogen) atoms. The van der Waals surface area contributed by atoms with Crippen molar-refractivity contribution in [1.82, 2.24) is 15.6 Å². The highest BCUT2D eigenvalue weighted by atomic mass is 16.4. The van der Waals surface area contributed by atoms with Gasteiger partial charge in [0.15, 0.2) is 0 Å². The van der Waals surface area contributed by atoms with E-state index in [2.05, 4.69) is 15.6 Å². The SMILES string of the molecule is C[C@H](C=CC[C@H]1CNC(=O)c2cc[nH]c21)NC(=O)O. The molecule has 0 saturated carbocycles. The molecule has 0 saturated heterocycles. The Balaban J connectivity index is 1.95. The van der Waals surface area contributed by atoms with Crippen LogP contribution in [0.25, 0.3) is 0 Å². The Kier molecular flexibility index (Phi) is 3.89. The molecule has 1 aromatic heterocycles. The Bertz CT molecular complexity index is 507. The third-order valence-electron chi connectivity index (χ3n) is 3.14. The summed E-state index contributed by atoms with van der Waals surface area (Å²) in [7, 11) is 0. The molecule has 6 heteroatoms. The molecule has 4 N–H and O–H groups in total. The second kappa shape index (κ2) is 5.60. The first kappa shape index (κ1) is 13.2. The van der Waals surface area contributed by atoms with Crippen LogP contribution < -0.4 is 10.6 Å². The van der Waals surface area contributed by atoms with Crippen molar-refractivity contribution in [3.05, 3.63) is 35.7 Å². The van der Waals surface area contributed by atoms with Gasteiger partial charge in [0.05, 0.1) is 5.56 Å². The highest BCUT2D eigenvalue weighted by Gasteiger charge is 2.25. The Labute approximate surface area is 110 Å². The van der Waals surface area contributed by atoms with E-state index in [4.69, 9.17) is 5.11 Å². The maximum absolute atomic E-state index is 11.6. The predicted molar refractivity (Wildman–Crippen MR) is 70.2 cm³/mol. The molecule has 2 amide bonds. The number of hydrogen-bond donors (Lipinski definition) is 4. The summed E-state index contributed by atoms with van der Waals surface area (Å²) in [6.07, 6.45) is 5.23. The standard InChI is InChI=1S/C13H17N3O3/c1-8(16-13(18)19)3-2-4-9-7-15-12(17)10-5-6-14-11(9)10/h2-3,5-6,8-9,14,16H,4,7H2,1H3,(H,15,17)(H,18,19)/t8-,9+/m1/s1. The fraction of sp³-hybridized carbons (Fsp3) is 0.385. The van der Waals surface area contributed by atoms with Gasteiger partial charge in [-0.3, -0.25) is 4.79 Å². The number of fused-ring (bicyclic) bond motifs is 1. The van der Waals surface area contributed by atoms with Crippen LogP contribution in [-0.4, -0.2) is 34.7 Å². The zero-order chi connectivity index (χ0) is 13.8. The van der Waals surface area contributed by atoms with E-state index in [0.717, 1.165) is 12.1 Å². The number of nitrogens with one attached hydrogen (secondary N) is 3. The van der Waals surface area contributed by atoms with Gasteiger partial charge in [-0.25, -0.2) is 4.79 Å². The lowest BCUT2D eigenvalue weighted by Gasteiger charge is -2.22. The predicted octanol–water partition coefficient (Wildman–Crippen LogP) is 1.44. The molecule has 2 heterocycles. The van der Waals surface area contributed by atoms with Crippen molar-refractivity contribution in [3.63, 3.8) is 0 Å². The van der Waals surface area contributed by atoms with Gasteiger partial charge in [-0.15, -0.1) is 0 Å². The zero-order valence-corrected chi connectivity index (χ0v) is 10.6. The summed E-state index contributed by atoms with van der Waals surface area (Å²) in [5.41, 5.74) is 1.65. The third kappa shape index (κ3) is 3.15. The van der Waals surface area contributed by atoms with Gasteiger partial charge in [-0.2, -0.15) is 0 Å². The summed E-state index contributed by atoms with van der Waals surface area (Å²) in [5.74, 6) is 0.161. The van der Waals surface area contributed by atoms with Crippen LogP contribution in [0, 0.1) is 0 Å². The van der Waals surface area contributed by atoms with E-state index in [9.17, 15) is 9.59 Å². The van der Waals surface area contributed by atoms with Crippen molar-refractivity contribution >= 4 is 12.0 Å². The average Bonchev–Trinajstić information content (AvgIpc) is 2.81. The van der Waals surface area contributed by atoms with E-state index in [-0.39, 0.29) is 17.9 Å². The molecule has 2 atom stereocenters. The lowest BCUT2D eigenvalue weighted by atomic mass is 9.94. The van der Waals surface area contributed by atoms with Gasteiger partial charge in [-0.05, 0) is 19.4 Å². The Morgan fingerprint density at radius 3 is 3.21 bits per heavy atom. The molecule has 1 aliphatic heterocycles. The van der Waals surface area contributed by atoms with Crippen LogP contribution in [0.15, 0.2) is 24.4 Å². The van der Waals surface area contributed by atoms with Crippen LogP contribution in [0.2, 0.25) is 0 Å². The fourth-order valence-corrected chi connectivity index (χ4v) is 2.22. The van der Waals surface area contributed by atoms with Crippen molar-refractivity contribution in [2.24, 2.45) is 0 Å². The van der Waals surface area contributed by atoms with Crippen molar-refractivity contribution in [2.45, 2.75) is 25.3 Å². The lowest BCUT2D eigenvalue weighted by Crippen LogP contribution is -2.34. The third-order valence-corrected chi connectivity index (χ3v) is 3.14. The van der Waals surface area contributed by atoms with Crippen molar-refractivity contribution in [3.8, 4) is 0 Å². The quantitative estimate of drug-likeness (QED) is 0.619. The summed E-state index contributed by atoms with van der Waals surface area (Å²) in [5, 5.41) is 13.8. The summed E-state index contributed by atoms with van der Waals surface area (Å²) in [4.78, 5) is 25.1. The number of aromatic amines is 1. The van der Waals surface area contributed by atoms with E-state index >= 15 is 0 Å². The van der Waals surface area contributed by atoms with E-state index in [1.807, 2.05) is 12.2 Å². The number of carbonyl (C=O) groups is 2. The Morgan fingerprint density at radius 1 is 1.68 bits per heavy atom. The van der Waals surface area contributed by atoms with Crippen LogP contribution in [-0.2, 0) is 0 Å². The molecular weight excluding hydrogens is 246 g/mol. The number of H-pyrrole nitrogens is 1. The Hall–Kier alpha value is -2.24. The van der Waals surface area contributed by atoms with Crippen LogP contribution in [0.4, 0.5) is 4.79 Å². The van der Waals surface area contributed by atoms with E-state index < -0.39 is 6.09 Å². The largest absolute Gasteiger partial charge is 0.465 e. The number of hydrogen-bond acceptors (Lipinski definition) is 2. The smallest absolute Gasteiger partial charge is 0.405 e. The molecule has 2 rings (SSSR count). The first-order valence-electron chi connectivity index (χ1n) is 6.19. The van der Waals surface area contributed by atoms with Gasteiger partial charge in [0.25, 0.3) is 5.91 Å². The molecule has 0 aliphatic carbocycles. The van der Waals surface area contributed by atoms with E-state index in [1.165, 1.54) is 0 Å². The second-order valence-electron chi connectivity index (χ2n) is 4.61. The lowest BCUT2D eigenvalue weighted by molar-refractivity contribution is 0.0940. The number of carboxylic acid groups (broad SMARTS) is 1. The minimum Gasteiger partial charge on any atom is -0.465 e. The molecule has 0 spiro atoms. The highest BCUT2D eigenvalue weighted by Crippen LogP contribution is 2.25. The van der Waals surface area contributed by atoms with Crippen molar-refractivity contribution in [2.75, 3.05) is 6.54 Å². The van der Waals surface area contributed by atoms with Gasteiger partial charge >= 0.3 is 6.09 Å². The second-order valence-corrected chi connectivity index (χ2v) is 4.61. The number of allylic oxidation sites excluding steroid dienone is 1. The fourth-order valence-electron chi connectivity index (χ4n) is 2.22. The normalized spacial score (nSPS) is 19.8. The first-order valence-corrected chi connectivity index (χ1v) is 6.19. The summed E-state index contributed by atoms with van der Waals surface area (Å²) >= 11 is 0. The van der Waals surface area contributed by atoms with Crippen LogP contribution in [0.1, 0.15) is 35.3 Å². The topological polar surface area (TPSA) is 94.2 Å². The van der Waals surface area contributed by atoms with E-state index in [0.29, 0.717) is 12.1 Å². The number of aromatic nitrogens is 1. The molecule has 0 radical (unpaired) electrons. The summed E-state index contributed by atoms with van der Waals surface area (Å²) in [6.45, 7) is 2.37. The van der Waals surface area contributed by atoms with Crippen LogP contribution in [0.5, 0.6) is 0 Å². The highest BCUT2D eigenvalue weighted by molar-refractivity contribution is 5.96. The average molecular weight is 263 g/mol. The van der Waals surface area contributed by atoms with Gasteiger partial charge in [0, 0.05) is 30.4 Å². The van der Waals surface area contributed by atoms with Crippen molar-refractivity contribution in [1.29, 1.82) is 0 Å². The zero-order valence-electron chi connectivity index (χ0n) is 10.6. The molecule has 0 aromatic carbocycles. The van der Waals surface area contributed by atoms with Gasteiger partial charge in [0.2, 0.25) is 0 Å². The molecule has 102 valence electrons. The molecule has 1 aliphatic rings. The summed E-state index contributed by atoms with van der Waals surface area (Å²) in [6, 6.07) is 1.55. The van der Waals surface area contributed by atoms with Gasteiger partial charge in [-0.1, -0.05) is 12.2 Å². The van der Waals surface area contributed by atoms with Gasteiger partial charge < -0.3 is 20.7 Å². The molecule has 0 unspecified atom stereocenters.